The molecule has 0 atom stereocenters. The minimum atomic E-state index is 1.26. The van der Waals surface area contributed by atoms with Gasteiger partial charge in [-0.05, 0) is 55.2 Å². The summed E-state index contributed by atoms with van der Waals surface area (Å²) in [5.74, 6) is 0. The monoisotopic (exact) mass is 330 g/mol. The number of allylic oxidation sites excluding steroid dienone is 2. The predicted molar refractivity (Wildman–Crippen MR) is 108 cm³/mol. The van der Waals surface area contributed by atoms with Gasteiger partial charge in [0.25, 0.3) is 0 Å². The molecule has 24 heavy (non-hydrogen) atoms. The molecule has 0 unspecified atom stereocenters. The smallest absolute Gasteiger partial charge is 0.0352 e. The van der Waals surface area contributed by atoms with Crippen LogP contribution < -0.4 is 0 Å². The van der Waals surface area contributed by atoms with Crippen molar-refractivity contribution >= 4 is 23.0 Å². The lowest BCUT2D eigenvalue weighted by molar-refractivity contribution is 1.48. The van der Waals surface area contributed by atoms with E-state index in [0.717, 1.165) is 0 Å². The molecule has 3 rings (SSSR count). The first kappa shape index (κ1) is 16.5. The average molecular weight is 330 g/mol. The third kappa shape index (κ3) is 3.42. The Labute approximate surface area is 148 Å². The Balaban J connectivity index is 2.00. The summed E-state index contributed by atoms with van der Waals surface area (Å²) in [6.45, 7) is 6.31. The SMILES string of the molecule is C/C=C\c1ccccc1/C(=C\C)c1ccc(-c2ccc(C)cc2)s1. The van der Waals surface area contributed by atoms with E-state index in [1.54, 1.807) is 0 Å². The van der Waals surface area contributed by atoms with Gasteiger partial charge in [0.2, 0.25) is 0 Å². The van der Waals surface area contributed by atoms with Gasteiger partial charge in [-0.1, -0.05) is 72.3 Å². The molecule has 0 aliphatic heterocycles. The fourth-order valence-corrected chi connectivity index (χ4v) is 3.95. The lowest BCUT2D eigenvalue weighted by atomic mass is 9.98. The summed E-state index contributed by atoms with van der Waals surface area (Å²) in [7, 11) is 0. The second kappa shape index (κ2) is 7.46. The van der Waals surface area contributed by atoms with Gasteiger partial charge in [-0.2, -0.15) is 0 Å². The fourth-order valence-electron chi connectivity index (χ4n) is 2.85. The van der Waals surface area contributed by atoms with Gasteiger partial charge in [0.1, 0.15) is 0 Å². The van der Waals surface area contributed by atoms with Crippen LogP contribution in [0.3, 0.4) is 0 Å². The molecule has 0 aliphatic carbocycles. The minimum absolute atomic E-state index is 1.26. The van der Waals surface area contributed by atoms with Gasteiger partial charge in [0, 0.05) is 9.75 Å². The zero-order valence-corrected chi connectivity index (χ0v) is 15.2. The highest BCUT2D eigenvalue weighted by molar-refractivity contribution is 7.16. The van der Waals surface area contributed by atoms with Crippen LogP contribution in [0.5, 0.6) is 0 Å². The van der Waals surface area contributed by atoms with Crippen molar-refractivity contribution in [2.24, 2.45) is 0 Å². The van der Waals surface area contributed by atoms with Crippen LogP contribution >= 0.6 is 11.3 Å². The first-order valence-electron chi connectivity index (χ1n) is 8.28. The van der Waals surface area contributed by atoms with Gasteiger partial charge in [-0.3, -0.25) is 0 Å². The van der Waals surface area contributed by atoms with E-state index < -0.39 is 0 Å². The average Bonchev–Trinajstić information content (AvgIpc) is 3.08. The van der Waals surface area contributed by atoms with Crippen molar-refractivity contribution < 1.29 is 0 Å². The molecule has 3 aromatic rings. The van der Waals surface area contributed by atoms with E-state index in [1.807, 2.05) is 11.3 Å². The van der Waals surface area contributed by atoms with Crippen LogP contribution in [0.1, 0.15) is 35.4 Å². The number of hydrogen-bond donors (Lipinski definition) is 0. The zero-order chi connectivity index (χ0) is 16.9. The summed E-state index contributed by atoms with van der Waals surface area (Å²) in [5.41, 5.74) is 6.43. The topological polar surface area (TPSA) is 0 Å². The molecule has 1 aromatic heterocycles. The highest BCUT2D eigenvalue weighted by atomic mass is 32.1. The Morgan fingerprint density at radius 1 is 0.875 bits per heavy atom. The van der Waals surface area contributed by atoms with Gasteiger partial charge in [-0.15, -0.1) is 11.3 Å². The Morgan fingerprint density at radius 3 is 2.33 bits per heavy atom. The summed E-state index contributed by atoms with van der Waals surface area (Å²) in [6, 6.07) is 21.8. The van der Waals surface area contributed by atoms with Gasteiger partial charge in [-0.25, -0.2) is 0 Å². The Bertz CT molecular complexity index is 876. The minimum Gasteiger partial charge on any atom is -0.135 e. The summed E-state index contributed by atoms with van der Waals surface area (Å²) in [6.07, 6.45) is 6.48. The van der Waals surface area contributed by atoms with Crippen molar-refractivity contribution in [2.75, 3.05) is 0 Å². The van der Waals surface area contributed by atoms with Crippen molar-refractivity contribution in [2.45, 2.75) is 20.8 Å². The lowest BCUT2D eigenvalue weighted by Crippen LogP contribution is -1.88. The molecule has 1 heterocycles. The van der Waals surface area contributed by atoms with Crippen molar-refractivity contribution in [1.29, 1.82) is 0 Å². The summed E-state index contributed by atoms with van der Waals surface area (Å²) in [5, 5.41) is 0. The molecule has 0 N–H and O–H groups in total. The molecule has 0 bridgehead atoms. The van der Waals surface area contributed by atoms with E-state index in [2.05, 4.69) is 99.7 Å². The standard InChI is InChI=1S/C23H22S/c1-4-8-18-9-6-7-10-21(18)20(5-2)23-16-15-22(24-23)19-13-11-17(3)12-14-19/h4-16H,1-3H3/b8-4-,20-5+. The van der Waals surface area contributed by atoms with E-state index in [4.69, 9.17) is 0 Å². The Morgan fingerprint density at radius 2 is 1.62 bits per heavy atom. The molecule has 0 nitrogen and oxygen atoms in total. The number of aryl methyl sites for hydroxylation is 1. The number of hydrogen-bond acceptors (Lipinski definition) is 1. The van der Waals surface area contributed by atoms with Crippen molar-refractivity contribution in [3.05, 3.63) is 94.4 Å². The van der Waals surface area contributed by atoms with Crippen LogP contribution in [0, 0.1) is 6.92 Å². The summed E-state index contributed by atoms with van der Waals surface area (Å²) >= 11 is 1.85. The normalized spacial score (nSPS) is 12.0. The molecule has 0 amide bonds. The van der Waals surface area contributed by atoms with Crippen LogP contribution in [0.25, 0.3) is 22.1 Å². The van der Waals surface area contributed by atoms with Crippen LogP contribution in [-0.2, 0) is 0 Å². The molecule has 0 saturated heterocycles. The van der Waals surface area contributed by atoms with E-state index in [9.17, 15) is 0 Å². The Kier molecular flexibility index (Phi) is 5.12. The number of rotatable bonds is 4. The number of benzene rings is 2. The molecular weight excluding hydrogens is 308 g/mol. The second-order valence-corrected chi connectivity index (χ2v) is 6.90. The van der Waals surface area contributed by atoms with E-state index >= 15 is 0 Å². The van der Waals surface area contributed by atoms with Crippen molar-refractivity contribution in [3.8, 4) is 10.4 Å². The third-order valence-electron chi connectivity index (χ3n) is 4.09. The van der Waals surface area contributed by atoms with E-state index in [-0.39, 0.29) is 0 Å². The van der Waals surface area contributed by atoms with Crippen LogP contribution in [0.4, 0.5) is 0 Å². The molecule has 1 heteroatoms. The van der Waals surface area contributed by atoms with Crippen LogP contribution in [0.2, 0.25) is 0 Å². The molecule has 120 valence electrons. The van der Waals surface area contributed by atoms with Gasteiger partial charge >= 0.3 is 0 Å². The molecule has 0 aliphatic rings. The maximum atomic E-state index is 2.24. The lowest BCUT2D eigenvalue weighted by Gasteiger charge is -2.09. The van der Waals surface area contributed by atoms with Gasteiger partial charge in [0.15, 0.2) is 0 Å². The van der Waals surface area contributed by atoms with Gasteiger partial charge < -0.3 is 0 Å². The highest BCUT2D eigenvalue weighted by Crippen LogP contribution is 2.36. The van der Waals surface area contributed by atoms with Gasteiger partial charge in [0.05, 0.1) is 0 Å². The number of thiophene rings is 1. The molecule has 2 aromatic carbocycles. The Hall–Kier alpha value is -2.38. The van der Waals surface area contributed by atoms with E-state index in [0.29, 0.717) is 0 Å². The molecule has 0 fully saturated rings. The first-order valence-corrected chi connectivity index (χ1v) is 9.10. The molecule has 0 spiro atoms. The molecule has 0 radical (unpaired) electrons. The molecular formula is C23H22S. The van der Waals surface area contributed by atoms with Crippen molar-refractivity contribution in [3.63, 3.8) is 0 Å². The van der Waals surface area contributed by atoms with Crippen LogP contribution in [0.15, 0.2) is 72.8 Å². The summed E-state index contributed by atoms with van der Waals surface area (Å²) in [4.78, 5) is 2.62. The van der Waals surface area contributed by atoms with Crippen LogP contribution in [-0.4, -0.2) is 0 Å². The maximum Gasteiger partial charge on any atom is 0.0352 e. The zero-order valence-electron chi connectivity index (χ0n) is 14.4. The fraction of sp³-hybridized carbons (Fsp3) is 0.130. The van der Waals surface area contributed by atoms with Crippen molar-refractivity contribution in [1.82, 2.24) is 0 Å². The first-order chi connectivity index (χ1) is 11.7. The maximum absolute atomic E-state index is 2.24. The second-order valence-electron chi connectivity index (χ2n) is 5.82. The van der Waals surface area contributed by atoms with E-state index in [1.165, 1.54) is 37.6 Å². The quantitative estimate of drug-likeness (QED) is 0.474. The largest absolute Gasteiger partial charge is 0.135 e. The third-order valence-corrected chi connectivity index (χ3v) is 5.26. The summed E-state index contributed by atoms with van der Waals surface area (Å²) < 4.78 is 0. The predicted octanol–water partition coefficient (Wildman–Crippen LogP) is 7.21. The molecule has 0 saturated carbocycles. The highest BCUT2D eigenvalue weighted by Gasteiger charge is 2.11.